The van der Waals surface area contributed by atoms with Gasteiger partial charge < -0.3 is 9.88 Å². The van der Waals surface area contributed by atoms with Crippen LogP contribution in [0.3, 0.4) is 0 Å². The number of aryl methyl sites for hydroxylation is 1. The number of nitrogens with zero attached hydrogens (tertiary/aromatic N) is 2. The summed E-state index contributed by atoms with van der Waals surface area (Å²) in [4.78, 5) is 28.8. The van der Waals surface area contributed by atoms with Crippen LogP contribution < -0.4 is 5.32 Å². The van der Waals surface area contributed by atoms with Gasteiger partial charge in [-0.2, -0.15) is 0 Å². The summed E-state index contributed by atoms with van der Waals surface area (Å²) in [5.74, 6) is 1.03. The number of para-hydroxylation sites is 2. The third-order valence-corrected chi connectivity index (χ3v) is 5.64. The van der Waals surface area contributed by atoms with Gasteiger partial charge in [0.1, 0.15) is 5.82 Å². The Morgan fingerprint density at radius 3 is 2.52 bits per heavy atom. The Morgan fingerprint density at radius 1 is 1.07 bits per heavy atom. The molecule has 1 heterocycles. The zero-order chi connectivity index (χ0) is 20.8. The zero-order valence-corrected chi connectivity index (χ0v) is 18.4. The zero-order valence-electron chi connectivity index (χ0n) is 16.8. The van der Waals surface area contributed by atoms with Crippen LogP contribution in [0.4, 0.5) is 0 Å². The van der Waals surface area contributed by atoms with Crippen LogP contribution in [-0.4, -0.2) is 27.8 Å². The summed E-state index contributed by atoms with van der Waals surface area (Å²) < 4.78 is 3.02. The van der Waals surface area contributed by atoms with Crippen LogP contribution in [0.2, 0.25) is 0 Å². The number of rotatable bonds is 9. The molecule has 152 valence electrons. The molecule has 0 saturated heterocycles. The number of ketones is 1. The van der Waals surface area contributed by atoms with Crippen molar-refractivity contribution in [3.8, 4) is 0 Å². The number of nitrogens with one attached hydrogen (secondary N) is 1. The smallest absolute Gasteiger partial charge is 0.251 e. The average Bonchev–Trinajstić information content (AvgIpc) is 3.08. The van der Waals surface area contributed by atoms with Crippen LogP contribution >= 0.6 is 15.9 Å². The van der Waals surface area contributed by atoms with E-state index in [-0.39, 0.29) is 17.7 Å². The van der Waals surface area contributed by atoms with Crippen molar-refractivity contribution in [3.63, 3.8) is 0 Å². The van der Waals surface area contributed by atoms with Crippen molar-refractivity contribution >= 4 is 38.7 Å². The molecule has 0 fully saturated rings. The second-order valence-electron chi connectivity index (χ2n) is 7.25. The van der Waals surface area contributed by atoms with Gasteiger partial charge in [0.05, 0.1) is 17.1 Å². The summed E-state index contributed by atoms with van der Waals surface area (Å²) >= 11 is 3.37. The van der Waals surface area contributed by atoms with Gasteiger partial charge in [-0.1, -0.05) is 34.5 Å². The second kappa shape index (κ2) is 9.83. The molecule has 1 atom stereocenters. The highest BCUT2D eigenvalue weighted by Gasteiger charge is 2.18. The van der Waals surface area contributed by atoms with E-state index >= 15 is 0 Å². The number of halogens is 1. The third-order valence-electron chi connectivity index (χ3n) is 5.11. The van der Waals surface area contributed by atoms with Gasteiger partial charge in [0.15, 0.2) is 5.78 Å². The first-order valence-electron chi connectivity index (χ1n) is 9.97. The number of Topliss-reactive ketones (excluding diaryl/α,β-unsaturated/α-hetero) is 1. The molecule has 2 aromatic carbocycles. The minimum atomic E-state index is -0.220. The lowest BCUT2D eigenvalue weighted by molar-refractivity contribution is -0.119. The van der Waals surface area contributed by atoms with Crippen molar-refractivity contribution in [2.75, 3.05) is 6.54 Å². The number of unbranched alkanes of at least 4 members (excludes halogenated alkanes) is 2. The van der Waals surface area contributed by atoms with Crippen molar-refractivity contribution in [3.05, 3.63) is 64.4 Å². The molecule has 0 aliphatic heterocycles. The second-order valence-corrected chi connectivity index (χ2v) is 8.16. The molecule has 1 unspecified atom stereocenters. The van der Waals surface area contributed by atoms with Crippen molar-refractivity contribution in [2.45, 2.75) is 45.6 Å². The highest BCUT2D eigenvalue weighted by molar-refractivity contribution is 9.10. The number of carbonyl (C=O) groups excluding carboxylic acids is 2. The van der Waals surface area contributed by atoms with Crippen LogP contribution in [0.15, 0.2) is 53.0 Å². The molecule has 1 amide bonds. The van der Waals surface area contributed by atoms with E-state index in [2.05, 4.69) is 25.8 Å². The maximum absolute atomic E-state index is 12.1. The Hall–Kier alpha value is -2.47. The molecule has 0 bridgehead atoms. The Balaban J connectivity index is 1.51. The fourth-order valence-corrected chi connectivity index (χ4v) is 3.64. The normalized spacial score (nSPS) is 12.1. The number of hydrogen-bond acceptors (Lipinski definition) is 3. The van der Waals surface area contributed by atoms with Crippen LogP contribution in [-0.2, 0) is 11.2 Å². The first kappa shape index (κ1) is 21.2. The fourth-order valence-electron chi connectivity index (χ4n) is 3.37. The first-order valence-corrected chi connectivity index (χ1v) is 10.8. The maximum atomic E-state index is 12.1. The molecule has 29 heavy (non-hydrogen) atoms. The van der Waals surface area contributed by atoms with Crippen LogP contribution in [0.25, 0.3) is 11.0 Å². The van der Waals surface area contributed by atoms with E-state index < -0.39 is 0 Å². The SMILES string of the molecule is CC(=O)C(C)n1c(CCCCCNC(=O)c2ccc(Br)cc2)nc2ccccc21. The lowest BCUT2D eigenvalue weighted by atomic mass is 10.1. The standard InChI is InChI=1S/C23H26BrN3O2/c1-16(17(2)28)27-21-9-6-5-8-20(21)26-22(27)10-4-3-7-15-25-23(29)18-11-13-19(24)14-12-18/h5-6,8-9,11-14,16H,3-4,7,10,15H2,1-2H3,(H,25,29). The molecular weight excluding hydrogens is 430 g/mol. The van der Waals surface area contributed by atoms with Crippen molar-refractivity contribution < 1.29 is 9.59 Å². The minimum absolute atomic E-state index is 0.0467. The summed E-state index contributed by atoms with van der Waals surface area (Å²) in [5, 5.41) is 2.96. The number of carbonyl (C=O) groups is 2. The summed E-state index contributed by atoms with van der Waals surface area (Å²) in [7, 11) is 0. The third kappa shape index (κ3) is 5.32. The van der Waals surface area contributed by atoms with Gasteiger partial charge in [0.2, 0.25) is 0 Å². The number of aromatic nitrogens is 2. The van der Waals surface area contributed by atoms with Gasteiger partial charge in [0, 0.05) is 23.0 Å². The lowest BCUT2D eigenvalue weighted by Crippen LogP contribution is -2.24. The molecular formula is C23H26BrN3O2. The summed E-state index contributed by atoms with van der Waals surface area (Å²) in [6.45, 7) is 4.20. The molecule has 0 aliphatic rings. The molecule has 1 N–H and O–H groups in total. The van der Waals surface area contributed by atoms with Crippen LogP contribution in [0.5, 0.6) is 0 Å². The van der Waals surface area contributed by atoms with Crippen LogP contribution in [0.1, 0.15) is 55.3 Å². The average molecular weight is 456 g/mol. The maximum Gasteiger partial charge on any atom is 0.251 e. The van der Waals surface area contributed by atoms with Gasteiger partial charge in [-0.25, -0.2) is 4.98 Å². The highest BCUT2D eigenvalue weighted by Crippen LogP contribution is 2.23. The first-order chi connectivity index (χ1) is 14.0. The molecule has 0 saturated carbocycles. The van der Waals surface area contributed by atoms with E-state index in [0.29, 0.717) is 12.1 Å². The van der Waals surface area contributed by atoms with E-state index in [4.69, 9.17) is 4.98 Å². The number of imidazole rings is 1. The molecule has 0 aliphatic carbocycles. The Bertz CT molecular complexity index is 995. The highest BCUT2D eigenvalue weighted by atomic mass is 79.9. The summed E-state index contributed by atoms with van der Waals surface area (Å²) in [6.07, 6.45) is 3.66. The molecule has 5 nitrogen and oxygen atoms in total. The Morgan fingerprint density at radius 2 is 1.79 bits per heavy atom. The van der Waals surface area contributed by atoms with Crippen molar-refractivity contribution in [2.24, 2.45) is 0 Å². The monoisotopic (exact) mass is 455 g/mol. The van der Waals surface area contributed by atoms with Crippen molar-refractivity contribution in [1.82, 2.24) is 14.9 Å². The van der Waals surface area contributed by atoms with Gasteiger partial charge >= 0.3 is 0 Å². The molecule has 0 spiro atoms. The topological polar surface area (TPSA) is 64.0 Å². The van der Waals surface area contributed by atoms with E-state index in [9.17, 15) is 9.59 Å². The van der Waals surface area contributed by atoms with Gasteiger partial charge in [-0.05, 0) is 63.1 Å². The quantitative estimate of drug-likeness (QED) is 0.456. The largest absolute Gasteiger partial charge is 0.352 e. The molecule has 0 radical (unpaired) electrons. The van der Waals surface area contributed by atoms with E-state index in [1.807, 2.05) is 43.3 Å². The fraction of sp³-hybridized carbons (Fsp3) is 0.348. The number of fused-ring (bicyclic) bond motifs is 1. The van der Waals surface area contributed by atoms with Gasteiger partial charge in [0.25, 0.3) is 5.91 Å². The van der Waals surface area contributed by atoms with E-state index in [1.54, 1.807) is 19.1 Å². The van der Waals surface area contributed by atoms with E-state index in [0.717, 1.165) is 47.0 Å². The minimum Gasteiger partial charge on any atom is -0.352 e. The molecule has 3 rings (SSSR count). The Kier molecular flexibility index (Phi) is 7.20. The Labute approximate surface area is 179 Å². The number of amides is 1. The number of hydrogen-bond donors (Lipinski definition) is 1. The molecule has 6 heteroatoms. The van der Waals surface area contributed by atoms with Gasteiger partial charge in [-0.3, -0.25) is 9.59 Å². The number of benzene rings is 2. The van der Waals surface area contributed by atoms with Crippen molar-refractivity contribution in [1.29, 1.82) is 0 Å². The summed E-state index contributed by atoms with van der Waals surface area (Å²) in [6, 6.07) is 15.1. The predicted octanol–water partition coefficient (Wildman–Crippen LogP) is 5.09. The van der Waals surface area contributed by atoms with Crippen LogP contribution in [0, 0.1) is 0 Å². The lowest BCUT2D eigenvalue weighted by Gasteiger charge is -2.15. The molecule has 1 aromatic heterocycles. The van der Waals surface area contributed by atoms with E-state index in [1.165, 1.54) is 0 Å². The van der Waals surface area contributed by atoms with Gasteiger partial charge in [-0.15, -0.1) is 0 Å². The summed E-state index contributed by atoms with van der Waals surface area (Å²) in [5.41, 5.74) is 2.60. The predicted molar refractivity (Wildman–Crippen MR) is 119 cm³/mol. The molecule has 3 aromatic rings.